The molecule has 6 N–H and O–H groups in total. The first-order chi connectivity index (χ1) is 15.0. The van der Waals surface area contributed by atoms with Gasteiger partial charge in [0.05, 0.1) is 0 Å². The number of carboxylic acids is 1. The Kier molecular flexibility index (Phi) is 10.8. The summed E-state index contributed by atoms with van der Waals surface area (Å²) < 4.78 is 0. The lowest BCUT2D eigenvalue weighted by Gasteiger charge is -2.27. The molecule has 9 nitrogen and oxygen atoms in total. The molecule has 1 aliphatic carbocycles. The molecule has 0 radical (unpaired) electrons. The topological polar surface area (TPSA) is 146 Å². The molecule has 0 saturated heterocycles. The van der Waals surface area contributed by atoms with Crippen LogP contribution in [0.15, 0.2) is 24.5 Å². The van der Waals surface area contributed by atoms with Gasteiger partial charge in [0.15, 0.2) is 0 Å². The van der Waals surface area contributed by atoms with E-state index in [2.05, 4.69) is 20.9 Å². The molecule has 1 aliphatic rings. The highest BCUT2D eigenvalue weighted by Crippen LogP contribution is 2.27. The quantitative estimate of drug-likeness (QED) is 0.318. The van der Waals surface area contributed by atoms with E-state index >= 15 is 0 Å². The summed E-state index contributed by atoms with van der Waals surface area (Å²) in [4.78, 5) is 40.8. The van der Waals surface area contributed by atoms with E-state index in [1.807, 2.05) is 12.1 Å². The van der Waals surface area contributed by atoms with Gasteiger partial charge in [-0.2, -0.15) is 0 Å². The van der Waals surface area contributed by atoms with Crippen molar-refractivity contribution in [1.82, 2.24) is 20.9 Å². The summed E-state index contributed by atoms with van der Waals surface area (Å²) in [5, 5.41) is 17.5. The van der Waals surface area contributed by atoms with Crippen LogP contribution < -0.4 is 21.7 Å². The number of hydrogen-bond donors (Lipinski definition) is 5. The second-order valence-electron chi connectivity index (χ2n) is 8.16. The number of pyridine rings is 1. The molecule has 0 bridgehead atoms. The third-order valence-corrected chi connectivity index (χ3v) is 5.68. The Hall–Kier alpha value is -2.68. The highest BCUT2D eigenvalue weighted by atomic mass is 16.4. The summed E-state index contributed by atoms with van der Waals surface area (Å²) >= 11 is 0. The molecule has 0 aromatic carbocycles. The molecule has 0 spiro atoms. The first kappa shape index (κ1) is 24.6. The van der Waals surface area contributed by atoms with Crippen LogP contribution in [0.5, 0.6) is 0 Å². The Bertz CT molecular complexity index is 694. The normalized spacial score (nSPS) is 16.2. The summed E-state index contributed by atoms with van der Waals surface area (Å²) in [6, 6.07) is 1.26. The minimum absolute atomic E-state index is 0.271. The summed E-state index contributed by atoms with van der Waals surface area (Å²) in [7, 11) is 0. The Morgan fingerprint density at radius 3 is 2.39 bits per heavy atom. The van der Waals surface area contributed by atoms with Crippen molar-refractivity contribution in [2.45, 2.75) is 76.4 Å². The molecule has 9 heteroatoms. The van der Waals surface area contributed by atoms with Crippen molar-refractivity contribution < 1.29 is 19.5 Å². The molecule has 31 heavy (non-hydrogen) atoms. The largest absolute Gasteiger partial charge is 0.480 e. The highest BCUT2D eigenvalue weighted by molar-refractivity contribution is 5.88. The number of nitrogens with zero attached hydrogens (tertiary/aromatic N) is 1. The van der Waals surface area contributed by atoms with Crippen molar-refractivity contribution in [3.8, 4) is 0 Å². The number of nitrogens with one attached hydrogen (secondary N) is 3. The lowest BCUT2D eigenvalue weighted by atomic mass is 9.84. The van der Waals surface area contributed by atoms with Gasteiger partial charge in [0.25, 0.3) is 0 Å². The minimum atomic E-state index is -1.10. The summed E-state index contributed by atoms with van der Waals surface area (Å²) in [5.74, 6) is -1.00. The van der Waals surface area contributed by atoms with Crippen molar-refractivity contribution in [3.05, 3.63) is 30.1 Å². The number of carbonyl (C=O) groups is 3. The van der Waals surface area contributed by atoms with Gasteiger partial charge in [0.2, 0.25) is 5.91 Å². The van der Waals surface area contributed by atoms with Crippen LogP contribution >= 0.6 is 0 Å². The maximum absolute atomic E-state index is 12.9. The number of aromatic nitrogens is 1. The van der Waals surface area contributed by atoms with E-state index in [1.165, 1.54) is 6.42 Å². The molecule has 1 aromatic heterocycles. The van der Waals surface area contributed by atoms with Crippen LogP contribution in [0.3, 0.4) is 0 Å². The van der Waals surface area contributed by atoms with Gasteiger partial charge in [-0.25, -0.2) is 9.59 Å². The van der Waals surface area contributed by atoms with Gasteiger partial charge in [-0.3, -0.25) is 9.78 Å². The zero-order valence-electron chi connectivity index (χ0n) is 18.0. The van der Waals surface area contributed by atoms with E-state index in [-0.39, 0.29) is 5.91 Å². The number of amides is 3. The van der Waals surface area contributed by atoms with Crippen molar-refractivity contribution in [2.75, 3.05) is 6.54 Å². The number of aliphatic carboxylic acids is 1. The molecule has 172 valence electrons. The summed E-state index contributed by atoms with van der Waals surface area (Å²) in [6.45, 7) is 0.808. The van der Waals surface area contributed by atoms with Gasteiger partial charge < -0.3 is 26.8 Å². The van der Waals surface area contributed by atoms with Crippen molar-refractivity contribution in [3.63, 3.8) is 0 Å². The van der Waals surface area contributed by atoms with Gasteiger partial charge in [0, 0.05) is 18.9 Å². The third kappa shape index (κ3) is 9.33. The van der Waals surface area contributed by atoms with Gasteiger partial charge in [0.1, 0.15) is 12.1 Å². The van der Waals surface area contributed by atoms with Crippen LogP contribution in [0, 0.1) is 5.92 Å². The fourth-order valence-electron chi connectivity index (χ4n) is 3.91. The van der Waals surface area contributed by atoms with Gasteiger partial charge in [-0.05, 0) is 55.8 Å². The van der Waals surface area contributed by atoms with Crippen molar-refractivity contribution in [1.29, 1.82) is 0 Å². The molecule has 3 amide bonds. The average molecular weight is 434 g/mol. The minimum Gasteiger partial charge on any atom is -0.480 e. The number of hydrogen-bond acceptors (Lipinski definition) is 5. The predicted octanol–water partition coefficient (Wildman–Crippen LogP) is 1.92. The van der Waals surface area contributed by atoms with Crippen LogP contribution in [0.2, 0.25) is 0 Å². The first-order valence-electron chi connectivity index (χ1n) is 11.2. The Morgan fingerprint density at radius 2 is 1.74 bits per heavy atom. The third-order valence-electron chi connectivity index (χ3n) is 5.68. The molecular formula is C22H35N5O4. The monoisotopic (exact) mass is 433 g/mol. The number of carboxylic acid groups (broad SMARTS) is 1. The lowest BCUT2D eigenvalue weighted by Crippen LogP contribution is -2.53. The van der Waals surface area contributed by atoms with E-state index in [4.69, 9.17) is 5.73 Å². The van der Waals surface area contributed by atoms with Gasteiger partial charge in [-0.1, -0.05) is 32.1 Å². The number of carbonyl (C=O) groups excluding carboxylic acids is 2. The van der Waals surface area contributed by atoms with E-state index in [9.17, 15) is 19.5 Å². The Balaban J connectivity index is 1.96. The molecule has 1 heterocycles. The maximum atomic E-state index is 12.9. The van der Waals surface area contributed by atoms with Crippen LogP contribution in [0.25, 0.3) is 0 Å². The molecule has 2 rings (SSSR count). The second-order valence-corrected chi connectivity index (χ2v) is 8.16. The first-order valence-corrected chi connectivity index (χ1v) is 11.2. The van der Waals surface area contributed by atoms with E-state index in [1.54, 1.807) is 12.4 Å². The van der Waals surface area contributed by atoms with Crippen molar-refractivity contribution >= 4 is 17.9 Å². The molecule has 1 saturated carbocycles. The Labute approximate surface area is 183 Å². The molecule has 1 aromatic rings. The molecule has 2 atom stereocenters. The number of unbranched alkanes of at least 4 members (excludes halogenated alkanes) is 1. The fourth-order valence-corrected chi connectivity index (χ4v) is 3.91. The van der Waals surface area contributed by atoms with E-state index in [0.29, 0.717) is 44.7 Å². The molecule has 0 aliphatic heterocycles. The lowest BCUT2D eigenvalue weighted by molar-refractivity contribution is -0.139. The van der Waals surface area contributed by atoms with E-state index < -0.39 is 24.1 Å². The summed E-state index contributed by atoms with van der Waals surface area (Å²) in [6.07, 6.45) is 11.0. The number of urea groups is 1. The molecular weight excluding hydrogens is 398 g/mol. The smallest absolute Gasteiger partial charge is 0.326 e. The van der Waals surface area contributed by atoms with Gasteiger partial charge >= 0.3 is 12.0 Å². The van der Waals surface area contributed by atoms with Crippen LogP contribution in [-0.2, 0) is 16.1 Å². The predicted molar refractivity (Wildman–Crippen MR) is 117 cm³/mol. The fraction of sp³-hybridized carbons (Fsp3) is 0.636. The highest BCUT2D eigenvalue weighted by Gasteiger charge is 2.27. The second kappa shape index (κ2) is 13.6. The molecule has 1 fully saturated rings. The zero-order valence-corrected chi connectivity index (χ0v) is 18.0. The van der Waals surface area contributed by atoms with E-state index in [0.717, 1.165) is 31.2 Å². The van der Waals surface area contributed by atoms with Crippen molar-refractivity contribution in [2.24, 2.45) is 11.7 Å². The van der Waals surface area contributed by atoms with Crippen LogP contribution in [0.4, 0.5) is 4.79 Å². The average Bonchev–Trinajstić information content (AvgIpc) is 2.77. The van der Waals surface area contributed by atoms with Crippen LogP contribution in [0.1, 0.15) is 63.4 Å². The Morgan fingerprint density at radius 1 is 1.06 bits per heavy atom. The SMILES string of the molecule is NCCCCC(NC(=O)NC(CC1CCCCC1)C(=O)NCc1ccncc1)C(=O)O. The maximum Gasteiger partial charge on any atom is 0.326 e. The van der Waals surface area contributed by atoms with Crippen LogP contribution in [-0.4, -0.2) is 46.6 Å². The zero-order chi connectivity index (χ0) is 22.5. The van der Waals surface area contributed by atoms with Gasteiger partial charge in [-0.15, -0.1) is 0 Å². The standard InChI is InChI=1S/C22H35N5O4/c23-11-5-4-8-18(21(29)30)26-22(31)27-19(14-16-6-2-1-3-7-16)20(28)25-15-17-9-12-24-13-10-17/h9-10,12-13,16,18-19H,1-8,11,14-15,23H2,(H,25,28)(H,29,30)(H2,26,27,31). The summed E-state index contributed by atoms with van der Waals surface area (Å²) in [5.41, 5.74) is 6.37. The molecule has 2 unspecified atom stereocenters. The number of rotatable bonds is 12. The number of nitrogens with two attached hydrogens (primary N) is 1.